The quantitative estimate of drug-likeness (QED) is 0.481. The fourth-order valence-electron chi connectivity index (χ4n) is 6.02. The fraction of sp³-hybridized carbons (Fsp3) is 0.520. The van der Waals surface area contributed by atoms with Crippen LogP contribution in [-0.4, -0.2) is 32.3 Å². The molecule has 4 fully saturated rings. The molecule has 4 aliphatic rings. The molecule has 0 unspecified atom stereocenters. The Balaban J connectivity index is 1.37. The molecule has 10 heteroatoms. The van der Waals surface area contributed by atoms with Crippen LogP contribution in [0.25, 0.3) is 11.0 Å². The maximum absolute atomic E-state index is 13.6. The molecule has 0 amide bonds. The number of aromatic nitrogens is 4. The van der Waals surface area contributed by atoms with Crippen LogP contribution in [0.5, 0.6) is 0 Å². The molecule has 3 aliphatic carbocycles. The second-order valence-corrected chi connectivity index (χ2v) is 10.6. The Bertz CT molecular complexity index is 1500. The molecule has 0 aromatic carbocycles. The first-order valence-electron chi connectivity index (χ1n) is 13.0. The Hall–Kier alpha value is -2.52. The SMILES string of the molecule is [2H]C([2H])([2H])n1cc([C@H]2C[C@@H](c3nc(C45CC(C(F)(F)F)(C4)C5)c4cc(Cl)c(C)nc4n3)CCO2)ccc1=O. The molecule has 184 valence electrons. The van der Waals surface area contributed by atoms with Crippen LogP contribution in [0.1, 0.15) is 71.0 Å². The summed E-state index contributed by atoms with van der Waals surface area (Å²) < 4.78 is 70.3. The van der Waals surface area contributed by atoms with Crippen molar-refractivity contribution in [2.24, 2.45) is 12.4 Å². The summed E-state index contributed by atoms with van der Waals surface area (Å²) in [6.45, 7) is -0.541. The number of alkyl halides is 3. The summed E-state index contributed by atoms with van der Waals surface area (Å²) in [6, 6.07) is 4.45. The lowest BCUT2D eigenvalue weighted by atomic mass is 9.33. The van der Waals surface area contributed by atoms with E-state index in [1.165, 1.54) is 12.3 Å². The van der Waals surface area contributed by atoms with Crippen LogP contribution in [0.2, 0.25) is 5.02 Å². The molecule has 0 N–H and O–H groups in total. The van der Waals surface area contributed by atoms with E-state index in [0.717, 1.165) is 0 Å². The van der Waals surface area contributed by atoms with Gasteiger partial charge in [0.25, 0.3) is 0 Å². The van der Waals surface area contributed by atoms with Gasteiger partial charge in [-0.2, -0.15) is 13.2 Å². The highest BCUT2D eigenvalue weighted by atomic mass is 35.5. The third-order valence-corrected chi connectivity index (χ3v) is 8.30. The minimum Gasteiger partial charge on any atom is -0.373 e. The van der Waals surface area contributed by atoms with Gasteiger partial charge < -0.3 is 9.30 Å². The Morgan fingerprint density at radius 3 is 2.71 bits per heavy atom. The third-order valence-electron chi connectivity index (χ3n) is 7.92. The Kier molecular flexibility index (Phi) is 4.20. The lowest BCUT2D eigenvalue weighted by molar-refractivity contribution is -0.337. The first-order valence-corrected chi connectivity index (χ1v) is 11.9. The van der Waals surface area contributed by atoms with E-state index < -0.39 is 35.6 Å². The van der Waals surface area contributed by atoms with Crippen LogP contribution in [-0.2, 0) is 17.1 Å². The standard InChI is InChI=1S/C25H24ClF3N4O2/c1-13-17(26)8-16-20(23-10-24(11-23,12-23)25(27,28)29)31-21(32-22(16)30-13)14-5-6-35-18(7-14)15-3-4-19(34)33(2)9-15/h3-4,8-9,14,18H,5-7,10-12H2,1-2H3/t14-,18+,23?,24?/m0/s1/i2D3. The van der Waals surface area contributed by atoms with Crippen molar-refractivity contribution in [1.82, 2.24) is 19.5 Å². The van der Waals surface area contributed by atoms with Gasteiger partial charge in [0.15, 0.2) is 5.65 Å². The van der Waals surface area contributed by atoms with Gasteiger partial charge in [0, 0.05) is 46.7 Å². The Labute approximate surface area is 208 Å². The van der Waals surface area contributed by atoms with Gasteiger partial charge in [0.05, 0.1) is 27.9 Å². The van der Waals surface area contributed by atoms with Gasteiger partial charge in [0.1, 0.15) is 5.82 Å². The molecule has 2 atom stereocenters. The molecule has 0 spiro atoms. The van der Waals surface area contributed by atoms with Crippen molar-refractivity contribution in [2.45, 2.75) is 62.6 Å². The van der Waals surface area contributed by atoms with Crippen LogP contribution in [0.4, 0.5) is 13.2 Å². The Morgan fingerprint density at radius 1 is 1.23 bits per heavy atom. The topological polar surface area (TPSA) is 69.9 Å². The fourth-order valence-corrected chi connectivity index (χ4v) is 6.17. The van der Waals surface area contributed by atoms with E-state index in [9.17, 15) is 18.0 Å². The molecule has 7 rings (SSSR count). The number of aryl methyl sites for hydroxylation is 2. The van der Waals surface area contributed by atoms with E-state index in [1.807, 2.05) is 0 Å². The molecular weight excluding hydrogens is 481 g/mol. The number of hydrogen-bond acceptors (Lipinski definition) is 5. The van der Waals surface area contributed by atoms with Gasteiger partial charge in [-0.05, 0) is 56.7 Å². The molecule has 2 bridgehead atoms. The minimum atomic E-state index is -4.24. The number of rotatable bonds is 3. The normalized spacial score (nSPS) is 31.7. The molecule has 0 radical (unpaired) electrons. The second-order valence-electron chi connectivity index (χ2n) is 10.2. The lowest BCUT2D eigenvalue weighted by Crippen LogP contribution is -2.70. The van der Waals surface area contributed by atoms with E-state index in [-0.39, 0.29) is 25.2 Å². The summed E-state index contributed by atoms with van der Waals surface area (Å²) in [4.78, 5) is 26.2. The number of nitrogens with zero attached hydrogens (tertiary/aromatic N) is 4. The molecular formula is C25H24ClF3N4O2. The van der Waals surface area contributed by atoms with Gasteiger partial charge in [0.2, 0.25) is 5.56 Å². The minimum absolute atomic E-state index is 0.00633. The molecule has 3 aromatic rings. The summed E-state index contributed by atoms with van der Waals surface area (Å²) in [7, 11) is 0. The third kappa shape index (κ3) is 3.42. The van der Waals surface area contributed by atoms with E-state index in [4.69, 9.17) is 30.4 Å². The number of fused-ring (bicyclic) bond motifs is 1. The van der Waals surface area contributed by atoms with Crippen molar-refractivity contribution in [3.63, 3.8) is 0 Å². The summed E-state index contributed by atoms with van der Waals surface area (Å²) in [5.74, 6) is 0.275. The van der Waals surface area contributed by atoms with Gasteiger partial charge >= 0.3 is 6.18 Å². The van der Waals surface area contributed by atoms with Gasteiger partial charge in [-0.15, -0.1) is 0 Å². The van der Waals surface area contributed by atoms with Crippen molar-refractivity contribution in [3.8, 4) is 0 Å². The highest BCUT2D eigenvalue weighted by molar-refractivity contribution is 6.31. The van der Waals surface area contributed by atoms with E-state index in [2.05, 4.69) is 4.98 Å². The first-order chi connectivity index (χ1) is 17.7. The van der Waals surface area contributed by atoms with E-state index >= 15 is 0 Å². The van der Waals surface area contributed by atoms with Crippen LogP contribution in [0.15, 0.2) is 29.2 Å². The highest BCUT2D eigenvalue weighted by Gasteiger charge is 2.79. The van der Waals surface area contributed by atoms with Crippen molar-refractivity contribution in [3.05, 3.63) is 62.5 Å². The van der Waals surface area contributed by atoms with E-state index in [0.29, 0.717) is 62.8 Å². The monoisotopic (exact) mass is 507 g/mol. The van der Waals surface area contributed by atoms with Crippen molar-refractivity contribution in [1.29, 1.82) is 0 Å². The first kappa shape index (κ1) is 19.6. The Morgan fingerprint density at radius 2 is 2.00 bits per heavy atom. The average Bonchev–Trinajstić information content (AvgIpc) is 2.77. The summed E-state index contributed by atoms with van der Waals surface area (Å²) >= 11 is 6.34. The van der Waals surface area contributed by atoms with Crippen LogP contribution < -0.4 is 5.56 Å². The summed E-state index contributed by atoms with van der Waals surface area (Å²) in [6.07, 6.45) is -2.49. The molecule has 6 nitrogen and oxygen atoms in total. The zero-order valence-corrected chi connectivity index (χ0v) is 19.6. The molecule has 35 heavy (non-hydrogen) atoms. The zero-order chi connectivity index (χ0) is 27.3. The van der Waals surface area contributed by atoms with Gasteiger partial charge in [-0.1, -0.05) is 11.6 Å². The smallest absolute Gasteiger partial charge is 0.373 e. The van der Waals surface area contributed by atoms with E-state index in [1.54, 1.807) is 19.1 Å². The maximum Gasteiger partial charge on any atom is 0.394 e. The number of hydrogen-bond donors (Lipinski definition) is 0. The molecule has 1 aliphatic heterocycles. The number of ether oxygens (including phenoxy) is 1. The molecule has 1 saturated heterocycles. The average molecular weight is 508 g/mol. The molecule has 4 heterocycles. The second kappa shape index (κ2) is 7.49. The maximum atomic E-state index is 13.6. The number of halogens is 4. The van der Waals surface area contributed by atoms with Crippen molar-refractivity contribution < 1.29 is 22.0 Å². The van der Waals surface area contributed by atoms with Crippen LogP contribution in [0.3, 0.4) is 0 Å². The molecule has 3 aromatic heterocycles. The van der Waals surface area contributed by atoms with Gasteiger partial charge in [-0.3, -0.25) is 4.79 Å². The molecule has 3 saturated carbocycles. The predicted octanol–water partition coefficient (Wildman–Crippen LogP) is 5.30. The summed E-state index contributed by atoms with van der Waals surface area (Å²) in [5, 5.41) is 0.982. The van der Waals surface area contributed by atoms with Gasteiger partial charge in [-0.25, -0.2) is 15.0 Å². The largest absolute Gasteiger partial charge is 0.394 e. The predicted molar refractivity (Wildman–Crippen MR) is 123 cm³/mol. The zero-order valence-electron chi connectivity index (χ0n) is 21.8. The number of pyridine rings is 2. The van der Waals surface area contributed by atoms with Crippen LogP contribution in [0, 0.1) is 12.3 Å². The van der Waals surface area contributed by atoms with Crippen molar-refractivity contribution >= 4 is 22.6 Å². The van der Waals surface area contributed by atoms with Crippen molar-refractivity contribution in [2.75, 3.05) is 6.61 Å². The highest BCUT2D eigenvalue weighted by Crippen LogP contribution is 2.78. The lowest BCUT2D eigenvalue weighted by Gasteiger charge is -2.70. The summed E-state index contributed by atoms with van der Waals surface area (Å²) in [5.41, 5.74) is -0.879. The van der Waals surface area contributed by atoms with Crippen LogP contribution >= 0.6 is 11.6 Å².